The van der Waals surface area contributed by atoms with Crippen molar-refractivity contribution in [1.82, 2.24) is 6.15 Å². The molecular weight excluding hydrogens is 184 g/mol. The molecule has 0 aliphatic rings. The van der Waals surface area contributed by atoms with E-state index in [4.69, 9.17) is 0 Å². The number of nitrogens with zero attached hydrogens (tertiary/aromatic N) is 1. The molecule has 0 unspecified atom stereocenters. The zero-order valence-corrected chi connectivity index (χ0v) is 8.93. The fourth-order valence-corrected chi connectivity index (χ4v) is 1.45. The monoisotopic (exact) mass is 200 g/mol. The van der Waals surface area contributed by atoms with E-state index in [0.717, 1.165) is 0 Å². The quantitative estimate of drug-likeness (QED) is 0.804. The Morgan fingerprint density at radius 2 is 1.00 bits per heavy atom. The van der Waals surface area contributed by atoms with Crippen molar-refractivity contribution in [2.24, 2.45) is 0 Å². The predicted molar refractivity (Wildman–Crippen MR) is 66.0 cm³/mol. The van der Waals surface area contributed by atoms with E-state index in [9.17, 15) is 0 Å². The number of benzene rings is 2. The van der Waals surface area contributed by atoms with Crippen LogP contribution in [0.5, 0.6) is 0 Å². The first kappa shape index (κ1) is 11.3. The van der Waals surface area contributed by atoms with Gasteiger partial charge in [-0.3, -0.25) is 0 Å². The second-order valence-corrected chi connectivity index (χ2v) is 3.23. The SMILES string of the molecule is CN(c1ccccc1)c1ccccc1.N. The van der Waals surface area contributed by atoms with Crippen LogP contribution < -0.4 is 11.1 Å². The summed E-state index contributed by atoms with van der Waals surface area (Å²) in [5, 5.41) is 0. The van der Waals surface area contributed by atoms with Gasteiger partial charge < -0.3 is 11.1 Å². The van der Waals surface area contributed by atoms with Crippen LogP contribution in [0.2, 0.25) is 0 Å². The van der Waals surface area contributed by atoms with Crippen LogP contribution in [0, 0.1) is 0 Å². The van der Waals surface area contributed by atoms with E-state index in [2.05, 4.69) is 60.5 Å². The number of para-hydroxylation sites is 2. The van der Waals surface area contributed by atoms with Crippen LogP contribution in [-0.2, 0) is 0 Å². The van der Waals surface area contributed by atoms with Gasteiger partial charge in [-0.15, -0.1) is 0 Å². The maximum absolute atomic E-state index is 2.17. The summed E-state index contributed by atoms with van der Waals surface area (Å²) in [5.74, 6) is 0. The fraction of sp³-hybridized carbons (Fsp3) is 0.0769. The summed E-state index contributed by atoms with van der Waals surface area (Å²) in [5.41, 5.74) is 2.41. The van der Waals surface area contributed by atoms with Crippen LogP contribution in [0.25, 0.3) is 0 Å². The molecule has 3 N–H and O–H groups in total. The van der Waals surface area contributed by atoms with E-state index in [1.807, 2.05) is 12.1 Å². The van der Waals surface area contributed by atoms with Crippen LogP contribution in [-0.4, -0.2) is 7.05 Å². The summed E-state index contributed by atoms with van der Waals surface area (Å²) in [6.45, 7) is 0. The minimum atomic E-state index is 0. The first-order chi connectivity index (χ1) is 6.88. The summed E-state index contributed by atoms with van der Waals surface area (Å²) in [4.78, 5) is 2.17. The lowest BCUT2D eigenvalue weighted by atomic mass is 10.2. The number of hydrogen-bond acceptors (Lipinski definition) is 2. The molecule has 0 aliphatic carbocycles. The standard InChI is InChI=1S/C13H13N.H3N/c1-14(12-8-4-2-5-9-12)13-10-6-3-7-11-13;/h2-11H,1H3;1H3. The molecule has 0 heterocycles. The number of hydrogen-bond donors (Lipinski definition) is 1. The molecule has 0 fully saturated rings. The van der Waals surface area contributed by atoms with Gasteiger partial charge in [-0.2, -0.15) is 0 Å². The maximum Gasteiger partial charge on any atom is 0.0408 e. The minimum Gasteiger partial charge on any atom is -0.345 e. The van der Waals surface area contributed by atoms with Gasteiger partial charge in [-0.1, -0.05) is 36.4 Å². The normalized spacial score (nSPS) is 9.13. The fourth-order valence-electron chi connectivity index (χ4n) is 1.45. The van der Waals surface area contributed by atoms with Crippen molar-refractivity contribution in [2.75, 3.05) is 11.9 Å². The van der Waals surface area contributed by atoms with Crippen molar-refractivity contribution < 1.29 is 0 Å². The molecule has 0 amide bonds. The Morgan fingerprint density at radius 3 is 1.33 bits per heavy atom. The molecule has 0 spiro atoms. The third-order valence-corrected chi connectivity index (χ3v) is 2.29. The van der Waals surface area contributed by atoms with Crippen LogP contribution in [0.3, 0.4) is 0 Å². The average Bonchev–Trinajstić information content (AvgIpc) is 2.30. The van der Waals surface area contributed by atoms with Crippen molar-refractivity contribution in [3.63, 3.8) is 0 Å². The zero-order chi connectivity index (χ0) is 9.80. The van der Waals surface area contributed by atoms with Gasteiger partial charge in [0.15, 0.2) is 0 Å². The average molecular weight is 200 g/mol. The highest BCUT2D eigenvalue weighted by molar-refractivity contribution is 5.61. The first-order valence-corrected chi connectivity index (χ1v) is 4.72. The molecule has 0 aliphatic heterocycles. The molecular formula is C13H16N2. The molecule has 2 rings (SSSR count). The van der Waals surface area contributed by atoms with Crippen LogP contribution in [0.1, 0.15) is 0 Å². The summed E-state index contributed by atoms with van der Waals surface area (Å²) < 4.78 is 0. The molecule has 0 aromatic heterocycles. The molecule has 0 atom stereocenters. The lowest BCUT2D eigenvalue weighted by Gasteiger charge is -2.18. The van der Waals surface area contributed by atoms with E-state index in [1.165, 1.54) is 11.4 Å². The minimum absolute atomic E-state index is 0. The van der Waals surface area contributed by atoms with Crippen molar-refractivity contribution >= 4 is 11.4 Å². The smallest absolute Gasteiger partial charge is 0.0408 e. The summed E-state index contributed by atoms with van der Waals surface area (Å²) in [6, 6.07) is 20.7. The third kappa shape index (κ3) is 2.58. The molecule has 0 saturated carbocycles. The summed E-state index contributed by atoms with van der Waals surface area (Å²) >= 11 is 0. The Balaban J connectivity index is 0.00000112. The highest BCUT2D eigenvalue weighted by atomic mass is 15.1. The van der Waals surface area contributed by atoms with Crippen LogP contribution in [0.15, 0.2) is 60.7 Å². The van der Waals surface area contributed by atoms with Crippen LogP contribution in [0.4, 0.5) is 11.4 Å². The van der Waals surface area contributed by atoms with Crippen molar-refractivity contribution in [1.29, 1.82) is 0 Å². The molecule has 78 valence electrons. The van der Waals surface area contributed by atoms with Gasteiger partial charge in [0.1, 0.15) is 0 Å². The van der Waals surface area contributed by atoms with Gasteiger partial charge in [0.2, 0.25) is 0 Å². The molecule has 2 nitrogen and oxygen atoms in total. The first-order valence-electron chi connectivity index (χ1n) is 4.72. The van der Waals surface area contributed by atoms with E-state index < -0.39 is 0 Å². The Labute approximate surface area is 90.7 Å². The van der Waals surface area contributed by atoms with Gasteiger partial charge >= 0.3 is 0 Å². The summed E-state index contributed by atoms with van der Waals surface area (Å²) in [6.07, 6.45) is 0. The van der Waals surface area contributed by atoms with E-state index in [-0.39, 0.29) is 6.15 Å². The second kappa shape index (κ2) is 5.17. The van der Waals surface area contributed by atoms with Gasteiger partial charge in [-0.05, 0) is 24.3 Å². The maximum atomic E-state index is 2.17. The molecule has 2 aromatic rings. The highest BCUT2D eigenvalue weighted by Gasteiger charge is 2.00. The lowest BCUT2D eigenvalue weighted by Crippen LogP contribution is -2.08. The van der Waals surface area contributed by atoms with Gasteiger partial charge in [0.05, 0.1) is 0 Å². The molecule has 2 heteroatoms. The molecule has 15 heavy (non-hydrogen) atoms. The largest absolute Gasteiger partial charge is 0.345 e. The number of anilines is 2. The second-order valence-electron chi connectivity index (χ2n) is 3.23. The lowest BCUT2D eigenvalue weighted by molar-refractivity contribution is 1.21. The Bertz CT molecular complexity index is 344. The van der Waals surface area contributed by atoms with Gasteiger partial charge in [0.25, 0.3) is 0 Å². The summed E-state index contributed by atoms with van der Waals surface area (Å²) in [7, 11) is 2.07. The topological polar surface area (TPSA) is 38.2 Å². The number of rotatable bonds is 2. The van der Waals surface area contributed by atoms with Gasteiger partial charge in [-0.25, -0.2) is 0 Å². The van der Waals surface area contributed by atoms with Crippen LogP contribution >= 0.6 is 0 Å². The molecule has 2 aromatic carbocycles. The molecule has 0 saturated heterocycles. The van der Waals surface area contributed by atoms with E-state index in [1.54, 1.807) is 0 Å². The van der Waals surface area contributed by atoms with Gasteiger partial charge in [0, 0.05) is 18.4 Å². The Hall–Kier alpha value is -1.80. The van der Waals surface area contributed by atoms with E-state index >= 15 is 0 Å². The van der Waals surface area contributed by atoms with Crippen molar-refractivity contribution in [3.05, 3.63) is 60.7 Å². The zero-order valence-electron chi connectivity index (χ0n) is 8.93. The molecule has 0 bridgehead atoms. The van der Waals surface area contributed by atoms with Crippen molar-refractivity contribution in [3.8, 4) is 0 Å². The Kier molecular flexibility index (Phi) is 3.89. The van der Waals surface area contributed by atoms with Crippen molar-refractivity contribution in [2.45, 2.75) is 0 Å². The molecule has 0 radical (unpaired) electrons. The predicted octanol–water partition coefficient (Wildman–Crippen LogP) is 3.62. The third-order valence-electron chi connectivity index (χ3n) is 2.29. The highest BCUT2D eigenvalue weighted by Crippen LogP contribution is 2.21. The Morgan fingerprint density at radius 1 is 0.667 bits per heavy atom. The van der Waals surface area contributed by atoms with E-state index in [0.29, 0.717) is 0 Å².